The van der Waals surface area contributed by atoms with E-state index in [4.69, 9.17) is 4.52 Å². The molecular weight excluding hydrogens is 282 g/mol. The molecule has 0 amide bonds. The van der Waals surface area contributed by atoms with E-state index >= 15 is 0 Å². The number of aryl methyl sites for hydroxylation is 1. The van der Waals surface area contributed by atoms with Crippen LogP contribution in [-0.4, -0.2) is 49.0 Å². The first kappa shape index (κ1) is 17.0. The van der Waals surface area contributed by atoms with Gasteiger partial charge >= 0.3 is 0 Å². The molecule has 2 N–H and O–H groups in total. The maximum Gasteiger partial charge on any atom is 0.279 e. The molecule has 0 bridgehead atoms. The quantitative estimate of drug-likeness (QED) is 0.624. The topological polar surface area (TPSA) is 100 Å². The SMILES string of the molecule is Cc1nc(CNS(=O)(=O)N(C)CCCNC(C)C)no1. The Labute approximate surface area is 120 Å². The first-order valence-corrected chi connectivity index (χ1v) is 7.99. The van der Waals surface area contributed by atoms with Gasteiger partial charge in [-0.05, 0) is 13.0 Å². The average molecular weight is 305 g/mol. The molecule has 0 saturated heterocycles. The third-order valence-corrected chi connectivity index (χ3v) is 4.11. The Balaban J connectivity index is 2.35. The molecule has 0 aromatic carbocycles. The number of rotatable bonds is 9. The minimum Gasteiger partial charge on any atom is -0.340 e. The lowest BCUT2D eigenvalue weighted by atomic mass is 10.3. The molecule has 0 saturated carbocycles. The van der Waals surface area contributed by atoms with Gasteiger partial charge in [-0.3, -0.25) is 0 Å². The fourth-order valence-electron chi connectivity index (χ4n) is 1.49. The summed E-state index contributed by atoms with van der Waals surface area (Å²) in [7, 11) is -1.98. The molecular formula is C11H23N5O3S. The van der Waals surface area contributed by atoms with Crippen LogP contribution in [0.15, 0.2) is 4.52 Å². The van der Waals surface area contributed by atoms with Gasteiger partial charge in [0.2, 0.25) is 5.89 Å². The van der Waals surface area contributed by atoms with Gasteiger partial charge in [-0.15, -0.1) is 0 Å². The molecule has 1 heterocycles. The van der Waals surface area contributed by atoms with Gasteiger partial charge < -0.3 is 9.84 Å². The summed E-state index contributed by atoms with van der Waals surface area (Å²) >= 11 is 0. The van der Waals surface area contributed by atoms with E-state index in [1.165, 1.54) is 4.31 Å². The first-order chi connectivity index (χ1) is 9.31. The highest BCUT2D eigenvalue weighted by atomic mass is 32.2. The van der Waals surface area contributed by atoms with Gasteiger partial charge in [-0.1, -0.05) is 19.0 Å². The van der Waals surface area contributed by atoms with E-state index in [0.29, 0.717) is 24.3 Å². The molecule has 1 rings (SSSR count). The Morgan fingerprint density at radius 2 is 2.10 bits per heavy atom. The van der Waals surface area contributed by atoms with Gasteiger partial charge in [-0.2, -0.15) is 22.4 Å². The maximum atomic E-state index is 11.9. The number of hydrogen-bond donors (Lipinski definition) is 2. The Bertz CT molecular complexity index is 500. The van der Waals surface area contributed by atoms with E-state index in [9.17, 15) is 8.42 Å². The molecule has 0 spiro atoms. The Kier molecular flexibility index (Phi) is 6.53. The standard InChI is InChI=1S/C11H23N5O3S/c1-9(2)12-6-5-7-16(4)20(17,18)13-8-11-14-10(3)19-15-11/h9,12-13H,5-8H2,1-4H3. The summed E-state index contributed by atoms with van der Waals surface area (Å²) in [6.07, 6.45) is 0.747. The first-order valence-electron chi connectivity index (χ1n) is 6.55. The van der Waals surface area contributed by atoms with E-state index in [0.717, 1.165) is 13.0 Å². The molecule has 0 unspecified atom stereocenters. The zero-order chi connectivity index (χ0) is 15.2. The highest BCUT2D eigenvalue weighted by Crippen LogP contribution is 1.99. The number of hydrogen-bond acceptors (Lipinski definition) is 6. The van der Waals surface area contributed by atoms with Crippen LogP contribution < -0.4 is 10.0 Å². The Morgan fingerprint density at radius 1 is 1.40 bits per heavy atom. The average Bonchev–Trinajstić information content (AvgIpc) is 2.77. The molecule has 20 heavy (non-hydrogen) atoms. The van der Waals surface area contributed by atoms with Crippen molar-refractivity contribution in [3.63, 3.8) is 0 Å². The lowest BCUT2D eigenvalue weighted by Crippen LogP contribution is -2.39. The highest BCUT2D eigenvalue weighted by molar-refractivity contribution is 7.87. The fourth-order valence-corrected chi connectivity index (χ4v) is 2.39. The molecule has 1 aromatic rings. The largest absolute Gasteiger partial charge is 0.340 e. The minimum absolute atomic E-state index is 0.0221. The summed E-state index contributed by atoms with van der Waals surface area (Å²) in [5.74, 6) is 0.730. The molecule has 116 valence electrons. The van der Waals surface area contributed by atoms with E-state index in [1.807, 2.05) is 0 Å². The minimum atomic E-state index is -3.52. The monoisotopic (exact) mass is 305 g/mol. The Hall–Kier alpha value is -1.03. The predicted octanol–water partition coefficient (Wildman–Crippen LogP) is 0.0323. The summed E-state index contributed by atoms with van der Waals surface area (Å²) in [5, 5.41) is 6.87. The predicted molar refractivity (Wildman–Crippen MR) is 75.2 cm³/mol. The van der Waals surface area contributed by atoms with E-state index < -0.39 is 10.2 Å². The number of nitrogens with zero attached hydrogens (tertiary/aromatic N) is 3. The van der Waals surface area contributed by atoms with Crippen LogP contribution in [0.3, 0.4) is 0 Å². The lowest BCUT2D eigenvalue weighted by Gasteiger charge is -2.17. The second kappa shape index (κ2) is 7.67. The van der Waals surface area contributed by atoms with Crippen LogP contribution in [0.4, 0.5) is 0 Å². The summed E-state index contributed by atoms with van der Waals surface area (Å²) in [5.41, 5.74) is 0. The molecule has 0 aliphatic carbocycles. The van der Waals surface area contributed by atoms with Crippen molar-refractivity contribution in [3.8, 4) is 0 Å². The van der Waals surface area contributed by atoms with Crippen LogP contribution in [0.5, 0.6) is 0 Å². The van der Waals surface area contributed by atoms with E-state index in [2.05, 4.69) is 34.0 Å². The van der Waals surface area contributed by atoms with Crippen LogP contribution in [-0.2, 0) is 16.8 Å². The maximum absolute atomic E-state index is 11.9. The van der Waals surface area contributed by atoms with Gasteiger partial charge in [-0.25, -0.2) is 0 Å². The van der Waals surface area contributed by atoms with Crippen LogP contribution in [0.2, 0.25) is 0 Å². The van der Waals surface area contributed by atoms with Crippen molar-refractivity contribution in [3.05, 3.63) is 11.7 Å². The Morgan fingerprint density at radius 3 is 2.65 bits per heavy atom. The number of aromatic nitrogens is 2. The normalized spacial score (nSPS) is 12.5. The molecule has 9 heteroatoms. The number of nitrogens with one attached hydrogen (secondary N) is 2. The van der Waals surface area contributed by atoms with Crippen molar-refractivity contribution in [2.75, 3.05) is 20.1 Å². The summed E-state index contributed by atoms with van der Waals surface area (Å²) in [4.78, 5) is 3.93. The van der Waals surface area contributed by atoms with Crippen LogP contribution in [0.1, 0.15) is 32.0 Å². The van der Waals surface area contributed by atoms with Crippen LogP contribution in [0.25, 0.3) is 0 Å². The van der Waals surface area contributed by atoms with E-state index in [-0.39, 0.29) is 6.54 Å². The summed E-state index contributed by atoms with van der Waals surface area (Å²) in [6.45, 7) is 7.00. The van der Waals surface area contributed by atoms with Crippen molar-refractivity contribution in [2.24, 2.45) is 0 Å². The van der Waals surface area contributed by atoms with Gasteiger partial charge in [0.05, 0.1) is 6.54 Å². The van der Waals surface area contributed by atoms with Gasteiger partial charge in [0.1, 0.15) is 0 Å². The second-order valence-corrected chi connectivity index (χ2v) is 6.70. The molecule has 0 radical (unpaired) electrons. The zero-order valence-corrected chi connectivity index (χ0v) is 13.2. The van der Waals surface area contributed by atoms with E-state index in [1.54, 1.807) is 14.0 Å². The second-order valence-electron chi connectivity index (χ2n) is 4.84. The zero-order valence-electron chi connectivity index (χ0n) is 12.4. The summed E-state index contributed by atoms with van der Waals surface area (Å²) in [6, 6.07) is 0.400. The van der Waals surface area contributed by atoms with Crippen molar-refractivity contribution in [1.82, 2.24) is 24.5 Å². The third kappa shape index (κ3) is 5.95. The summed E-state index contributed by atoms with van der Waals surface area (Å²) < 4.78 is 32.4. The van der Waals surface area contributed by atoms with Crippen LogP contribution in [0, 0.1) is 6.92 Å². The van der Waals surface area contributed by atoms with Crippen LogP contribution >= 0.6 is 0 Å². The third-order valence-electron chi connectivity index (χ3n) is 2.60. The lowest BCUT2D eigenvalue weighted by molar-refractivity contribution is 0.386. The molecule has 0 aliphatic rings. The van der Waals surface area contributed by atoms with Gasteiger partial charge in [0.25, 0.3) is 10.2 Å². The smallest absolute Gasteiger partial charge is 0.279 e. The van der Waals surface area contributed by atoms with Gasteiger partial charge in [0, 0.05) is 26.6 Å². The van der Waals surface area contributed by atoms with Crippen molar-refractivity contribution in [2.45, 2.75) is 39.8 Å². The molecule has 0 fully saturated rings. The van der Waals surface area contributed by atoms with Gasteiger partial charge in [0.15, 0.2) is 5.82 Å². The van der Waals surface area contributed by atoms with Crippen molar-refractivity contribution >= 4 is 10.2 Å². The van der Waals surface area contributed by atoms with Crippen molar-refractivity contribution in [1.29, 1.82) is 0 Å². The fraction of sp³-hybridized carbons (Fsp3) is 0.818. The molecule has 0 atom stereocenters. The van der Waals surface area contributed by atoms with Crippen molar-refractivity contribution < 1.29 is 12.9 Å². The molecule has 1 aromatic heterocycles. The highest BCUT2D eigenvalue weighted by Gasteiger charge is 2.17. The molecule has 8 nitrogen and oxygen atoms in total. The molecule has 0 aliphatic heterocycles.